The number of aromatic nitrogens is 6. The van der Waals surface area contributed by atoms with E-state index < -0.39 is 29.3 Å². The minimum absolute atomic E-state index is 0.0299. The Hall–Kier alpha value is -5.19. The van der Waals surface area contributed by atoms with Gasteiger partial charge in [-0.3, -0.25) is 15.0 Å². The van der Waals surface area contributed by atoms with Gasteiger partial charge in [0, 0.05) is 30.2 Å². The number of hydrogen-bond acceptors (Lipinski definition) is 8. The van der Waals surface area contributed by atoms with Gasteiger partial charge in [0.15, 0.2) is 17.2 Å². The quantitative estimate of drug-likeness (QED) is 0.175. The van der Waals surface area contributed by atoms with Crippen molar-refractivity contribution in [1.82, 2.24) is 29.1 Å². The lowest BCUT2D eigenvalue weighted by Crippen LogP contribution is -2.28. The van der Waals surface area contributed by atoms with Gasteiger partial charge in [0.25, 0.3) is 0 Å². The van der Waals surface area contributed by atoms with Crippen molar-refractivity contribution in [1.29, 1.82) is 0 Å². The minimum atomic E-state index is -4.49. The third-order valence-electron chi connectivity index (χ3n) is 7.03. The van der Waals surface area contributed by atoms with Gasteiger partial charge in [-0.05, 0) is 38.8 Å². The van der Waals surface area contributed by atoms with Gasteiger partial charge < -0.3 is 24.6 Å². The second-order valence-corrected chi connectivity index (χ2v) is 10.8. The largest absolute Gasteiger partial charge is 0.465 e. The van der Waals surface area contributed by atoms with Crippen LogP contribution in [0.3, 0.4) is 0 Å². The van der Waals surface area contributed by atoms with Crippen molar-refractivity contribution >= 4 is 46.1 Å². The molecule has 0 radical (unpaired) electrons. The van der Waals surface area contributed by atoms with Crippen LogP contribution in [-0.2, 0) is 12.0 Å². The summed E-state index contributed by atoms with van der Waals surface area (Å²) < 4.78 is 48.4. The van der Waals surface area contributed by atoms with Crippen LogP contribution in [0.1, 0.15) is 32.4 Å². The number of amides is 3. The molecule has 224 valence electrons. The Bertz CT molecular complexity index is 1880. The van der Waals surface area contributed by atoms with Gasteiger partial charge in [-0.25, -0.2) is 24.5 Å². The number of urea groups is 1. The summed E-state index contributed by atoms with van der Waals surface area (Å²) in [7, 11) is 0. The maximum absolute atomic E-state index is 13.4. The number of hydrogen-bond donors (Lipinski definition) is 5. The van der Waals surface area contributed by atoms with Gasteiger partial charge in [0.05, 0.1) is 28.9 Å². The second kappa shape index (κ2) is 9.69. The van der Waals surface area contributed by atoms with E-state index >= 15 is 0 Å². The van der Waals surface area contributed by atoms with E-state index in [0.717, 1.165) is 6.07 Å². The van der Waals surface area contributed by atoms with E-state index in [9.17, 15) is 33.0 Å². The van der Waals surface area contributed by atoms with E-state index in [4.69, 9.17) is 4.52 Å². The lowest BCUT2D eigenvalue weighted by Gasteiger charge is -2.18. The van der Waals surface area contributed by atoms with Crippen LogP contribution in [0.2, 0.25) is 0 Å². The zero-order valence-corrected chi connectivity index (χ0v) is 22.6. The normalized spacial score (nSPS) is 14.7. The number of halogens is 3. The molecule has 0 spiro atoms. The highest BCUT2D eigenvalue weighted by Gasteiger charge is 2.66. The molecule has 5 aromatic heterocycles. The number of carbonyl (C=O) groups is 2. The monoisotopic (exact) mass is 599 g/mol. The molecule has 1 aliphatic carbocycles. The summed E-state index contributed by atoms with van der Waals surface area (Å²) in [5.41, 5.74) is -1.23. The van der Waals surface area contributed by atoms with Crippen molar-refractivity contribution in [2.24, 2.45) is 0 Å². The van der Waals surface area contributed by atoms with Crippen LogP contribution in [0.4, 0.5) is 40.1 Å². The minimum Gasteiger partial charge on any atom is -0.465 e. The van der Waals surface area contributed by atoms with Gasteiger partial charge in [0.2, 0.25) is 0 Å². The maximum atomic E-state index is 13.4. The summed E-state index contributed by atoms with van der Waals surface area (Å²) in [5.74, 6) is -0.515. The number of carboxylic acid groups (broad SMARTS) is 1. The fourth-order valence-electron chi connectivity index (χ4n) is 5.01. The predicted molar refractivity (Wildman–Crippen MR) is 146 cm³/mol. The number of imidazole rings is 1. The van der Waals surface area contributed by atoms with Crippen LogP contribution in [0.5, 0.6) is 0 Å². The molecule has 0 aromatic carbocycles. The average molecular weight is 600 g/mol. The smallest absolute Gasteiger partial charge is 0.410 e. The first-order chi connectivity index (χ1) is 20.3. The van der Waals surface area contributed by atoms with E-state index in [1.165, 1.54) is 12.5 Å². The molecule has 5 heterocycles. The molecule has 1 fully saturated rings. The highest BCUT2D eigenvalue weighted by molar-refractivity contribution is 6.05. The van der Waals surface area contributed by atoms with Gasteiger partial charge in [0.1, 0.15) is 23.2 Å². The molecule has 1 saturated carbocycles. The molecule has 5 aromatic rings. The number of nitrogens with one attached hydrogen (secondary N) is 3. The number of nitrogens with zero attached hydrogens (tertiary/aromatic N) is 6. The van der Waals surface area contributed by atoms with E-state index in [1.54, 1.807) is 47.3 Å². The highest BCUT2D eigenvalue weighted by atomic mass is 19.4. The molecule has 0 atom stereocenters. The molecule has 6 rings (SSSR count). The van der Waals surface area contributed by atoms with E-state index in [2.05, 4.69) is 36.1 Å². The Morgan fingerprint density at radius 3 is 2.53 bits per heavy atom. The van der Waals surface area contributed by atoms with E-state index in [-0.39, 0.29) is 42.5 Å². The van der Waals surface area contributed by atoms with Crippen molar-refractivity contribution in [2.75, 3.05) is 16.0 Å². The van der Waals surface area contributed by atoms with Gasteiger partial charge in [-0.1, -0.05) is 5.16 Å². The number of rotatable bonds is 7. The highest BCUT2D eigenvalue weighted by Crippen LogP contribution is 2.59. The molecule has 14 nitrogen and oxygen atoms in total. The molecule has 0 bridgehead atoms. The Morgan fingerprint density at radius 2 is 1.86 bits per heavy atom. The van der Waals surface area contributed by atoms with E-state index in [1.807, 2.05) is 0 Å². The number of carbonyl (C=O) groups excluding carboxylic acids is 1. The Labute approximate surface area is 239 Å². The molecule has 17 heteroatoms. The Balaban J connectivity index is 1.33. The summed E-state index contributed by atoms with van der Waals surface area (Å²) in [6.07, 6.45) is -0.0216. The molecular weight excluding hydrogens is 575 g/mol. The van der Waals surface area contributed by atoms with Gasteiger partial charge in [-0.2, -0.15) is 13.2 Å². The fourth-order valence-corrected chi connectivity index (χ4v) is 5.01. The van der Waals surface area contributed by atoms with Crippen LogP contribution >= 0.6 is 0 Å². The number of fused-ring (bicyclic) bond motifs is 2. The van der Waals surface area contributed by atoms with Crippen LogP contribution < -0.4 is 16.0 Å². The average Bonchev–Trinajstić information content (AvgIpc) is 3.21. The number of aliphatic hydroxyl groups is 1. The summed E-state index contributed by atoms with van der Waals surface area (Å²) >= 11 is 0. The number of anilines is 3. The molecule has 3 amide bonds. The maximum Gasteiger partial charge on any atom is 0.410 e. The second-order valence-electron chi connectivity index (χ2n) is 10.8. The molecule has 1 aliphatic rings. The summed E-state index contributed by atoms with van der Waals surface area (Å²) in [6.45, 7) is 3.37. The van der Waals surface area contributed by atoms with Crippen molar-refractivity contribution < 1.29 is 37.5 Å². The zero-order valence-electron chi connectivity index (χ0n) is 22.6. The first-order valence-electron chi connectivity index (χ1n) is 12.9. The van der Waals surface area contributed by atoms with Crippen LogP contribution in [0.25, 0.3) is 27.9 Å². The molecule has 0 aliphatic heterocycles. The summed E-state index contributed by atoms with van der Waals surface area (Å²) in [5, 5.41) is 31.1. The van der Waals surface area contributed by atoms with Gasteiger partial charge in [-0.15, -0.1) is 0 Å². The molecule has 43 heavy (non-hydrogen) atoms. The zero-order chi connectivity index (χ0) is 30.7. The standard InChI is InChI=1S/C26H24F3N9O5/c1-24(2,42)11-37-10-13(18-19(35-23(40)41)31-12-32-21(18)37)15-4-3-14(20-30-7-8-38(15)20)33-22(39)34-17-9-16(43-36-17)25(5-6-25)26(27,28)29/h3-4,7-10,12,42H,5-6,11H2,1-2H3,(H,40,41)(H,31,32,35)(H2,33,34,36,39). The van der Waals surface area contributed by atoms with Crippen LogP contribution in [-0.4, -0.2) is 63.2 Å². The lowest BCUT2D eigenvalue weighted by atomic mass is 10.0. The first kappa shape index (κ1) is 28.0. The van der Waals surface area contributed by atoms with Crippen molar-refractivity contribution in [3.8, 4) is 11.3 Å². The van der Waals surface area contributed by atoms with E-state index in [0.29, 0.717) is 27.9 Å². The number of pyridine rings is 1. The molecule has 0 saturated heterocycles. The fraction of sp³-hybridized carbons (Fsp3) is 0.308. The Morgan fingerprint density at radius 1 is 1.09 bits per heavy atom. The van der Waals surface area contributed by atoms with Crippen LogP contribution in [0, 0.1) is 0 Å². The SMILES string of the molecule is CC(C)(O)Cn1cc(-c2ccc(NC(=O)Nc3cc(C4(C(F)(F)F)CC4)on3)c3nccn23)c2c(NC(=O)O)ncnc21. The predicted octanol–water partition coefficient (Wildman–Crippen LogP) is 4.83. The molecule has 0 unspecified atom stereocenters. The molecule has 5 N–H and O–H groups in total. The topological polar surface area (TPSA) is 185 Å². The molecular formula is C26H24F3N9O5. The van der Waals surface area contributed by atoms with Crippen molar-refractivity contribution in [3.63, 3.8) is 0 Å². The summed E-state index contributed by atoms with van der Waals surface area (Å²) in [4.78, 5) is 37.0. The van der Waals surface area contributed by atoms with Gasteiger partial charge >= 0.3 is 18.3 Å². The lowest BCUT2D eigenvalue weighted by molar-refractivity contribution is -0.165. The van der Waals surface area contributed by atoms with Crippen LogP contribution in [0.15, 0.2) is 47.6 Å². The van der Waals surface area contributed by atoms with Crippen molar-refractivity contribution in [2.45, 2.75) is 50.4 Å². The van der Waals surface area contributed by atoms with Crippen molar-refractivity contribution in [3.05, 3.63) is 48.9 Å². The number of alkyl halides is 3. The third-order valence-corrected chi connectivity index (χ3v) is 7.03. The first-order valence-corrected chi connectivity index (χ1v) is 12.9. The Kier molecular flexibility index (Phi) is 6.30. The summed E-state index contributed by atoms with van der Waals surface area (Å²) in [6, 6.07) is 3.47. The third kappa shape index (κ3) is 5.07.